The molecular weight excluding hydrogens is 350 g/mol. The van der Waals surface area contributed by atoms with Gasteiger partial charge in [0.25, 0.3) is 0 Å². The lowest BCUT2D eigenvalue weighted by atomic mass is 10.1. The smallest absolute Gasteiger partial charge is 0.223 e. The number of allylic oxidation sites excluding steroid dienone is 1. The molecular formula is C17H20ClNO4S. The molecule has 5 nitrogen and oxygen atoms in total. The molecule has 1 fully saturated rings. The third kappa shape index (κ3) is 5.46. The zero-order valence-corrected chi connectivity index (χ0v) is 15.0. The second-order valence-electron chi connectivity index (χ2n) is 5.91. The van der Waals surface area contributed by atoms with E-state index in [-0.39, 0.29) is 42.1 Å². The maximum atomic E-state index is 12.1. The molecule has 0 spiro atoms. The van der Waals surface area contributed by atoms with Crippen LogP contribution in [0.3, 0.4) is 0 Å². The zero-order valence-electron chi connectivity index (χ0n) is 13.4. The van der Waals surface area contributed by atoms with E-state index in [2.05, 4.69) is 0 Å². The Bertz CT molecular complexity index is 740. The van der Waals surface area contributed by atoms with Crippen molar-refractivity contribution in [1.82, 2.24) is 4.90 Å². The fraction of sp³-hybridized carbons (Fsp3) is 0.412. The van der Waals surface area contributed by atoms with E-state index >= 15 is 0 Å². The number of hydrogen-bond acceptors (Lipinski definition) is 4. The Morgan fingerprint density at radius 2 is 1.92 bits per heavy atom. The summed E-state index contributed by atoms with van der Waals surface area (Å²) in [6, 6.07) is 6.79. The summed E-state index contributed by atoms with van der Waals surface area (Å²) in [5.74, 6) is -0.214. The van der Waals surface area contributed by atoms with Crippen LogP contribution in [0.25, 0.3) is 6.08 Å². The molecule has 0 bridgehead atoms. The van der Waals surface area contributed by atoms with E-state index < -0.39 is 9.84 Å². The van der Waals surface area contributed by atoms with Gasteiger partial charge in [-0.1, -0.05) is 29.8 Å². The summed E-state index contributed by atoms with van der Waals surface area (Å²) < 4.78 is 22.9. The molecule has 0 saturated carbocycles. The average Bonchev–Trinajstić information content (AvgIpc) is 2.91. The van der Waals surface area contributed by atoms with Gasteiger partial charge in [0.05, 0.1) is 11.5 Å². The number of carbonyl (C=O) groups excluding carboxylic acids is 2. The summed E-state index contributed by atoms with van der Waals surface area (Å²) in [6.45, 7) is 0. The van der Waals surface area contributed by atoms with Gasteiger partial charge in [-0.25, -0.2) is 8.42 Å². The summed E-state index contributed by atoms with van der Waals surface area (Å²) in [5.41, 5.74) is 0.854. The fourth-order valence-electron chi connectivity index (χ4n) is 2.54. The number of hydrogen-bond donors (Lipinski definition) is 0. The number of halogens is 1. The van der Waals surface area contributed by atoms with E-state index in [1.165, 1.54) is 11.0 Å². The van der Waals surface area contributed by atoms with Gasteiger partial charge in [0, 0.05) is 31.0 Å². The Balaban J connectivity index is 1.80. The summed E-state index contributed by atoms with van der Waals surface area (Å²) >= 11 is 5.79. The summed E-state index contributed by atoms with van der Waals surface area (Å²) in [4.78, 5) is 25.4. The minimum Gasteiger partial charge on any atom is -0.342 e. The van der Waals surface area contributed by atoms with Crippen LogP contribution in [-0.4, -0.2) is 49.6 Å². The first-order valence-electron chi connectivity index (χ1n) is 7.69. The van der Waals surface area contributed by atoms with Crippen molar-refractivity contribution >= 4 is 39.2 Å². The van der Waals surface area contributed by atoms with Crippen molar-refractivity contribution in [3.63, 3.8) is 0 Å². The van der Waals surface area contributed by atoms with Crippen LogP contribution in [0.5, 0.6) is 0 Å². The molecule has 0 N–H and O–H groups in total. The fourth-order valence-corrected chi connectivity index (χ4v) is 4.44. The number of carbonyl (C=O) groups is 2. The normalized spacial score (nSPS) is 19.5. The van der Waals surface area contributed by atoms with Crippen LogP contribution >= 0.6 is 11.6 Å². The molecule has 1 atom stereocenters. The van der Waals surface area contributed by atoms with Gasteiger partial charge in [-0.2, -0.15) is 0 Å². The molecule has 1 saturated heterocycles. The van der Waals surface area contributed by atoms with E-state index in [9.17, 15) is 18.0 Å². The monoisotopic (exact) mass is 369 g/mol. The molecule has 1 aromatic rings. The largest absolute Gasteiger partial charge is 0.342 e. The standard InChI is InChI=1S/C17H20ClNO4S/c1-19(15-10-11-24(22,23)12-15)17(21)9-8-16(20)7-4-13-2-5-14(18)6-3-13/h2-7,15H,8-12H2,1H3/b7-4+. The Morgan fingerprint density at radius 1 is 1.25 bits per heavy atom. The van der Waals surface area contributed by atoms with E-state index in [1.807, 2.05) is 0 Å². The second-order valence-corrected chi connectivity index (χ2v) is 8.58. The molecule has 1 amide bonds. The number of nitrogens with zero attached hydrogens (tertiary/aromatic N) is 1. The van der Waals surface area contributed by atoms with Gasteiger partial charge in [-0.3, -0.25) is 9.59 Å². The van der Waals surface area contributed by atoms with Crippen LogP contribution in [0.2, 0.25) is 5.02 Å². The molecule has 2 rings (SSSR count). The molecule has 7 heteroatoms. The third-order valence-electron chi connectivity index (χ3n) is 4.07. The Kier molecular flexibility index (Phi) is 6.18. The lowest BCUT2D eigenvalue weighted by Crippen LogP contribution is -2.37. The maximum absolute atomic E-state index is 12.1. The molecule has 1 aromatic carbocycles. The van der Waals surface area contributed by atoms with Gasteiger partial charge < -0.3 is 4.90 Å². The molecule has 24 heavy (non-hydrogen) atoms. The Hall–Kier alpha value is -1.66. The number of amides is 1. The first kappa shape index (κ1) is 18.7. The van der Waals surface area contributed by atoms with Crippen LogP contribution in [-0.2, 0) is 19.4 Å². The van der Waals surface area contributed by atoms with Crippen molar-refractivity contribution in [2.45, 2.75) is 25.3 Å². The number of rotatable bonds is 6. The Morgan fingerprint density at radius 3 is 2.50 bits per heavy atom. The highest BCUT2D eigenvalue weighted by molar-refractivity contribution is 7.91. The van der Waals surface area contributed by atoms with Crippen LogP contribution in [0.1, 0.15) is 24.8 Å². The van der Waals surface area contributed by atoms with E-state index in [0.717, 1.165) is 5.56 Å². The predicted octanol–water partition coefficient (Wildman–Crippen LogP) is 2.35. The highest BCUT2D eigenvalue weighted by atomic mass is 35.5. The van der Waals surface area contributed by atoms with Crippen molar-refractivity contribution in [3.8, 4) is 0 Å². The van der Waals surface area contributed by atoms with Crippen molar-refractivity contribution in [3.05, 3.63) is 40.9 Å². The van der Waals surface area contributed by atoms with E-state index in [0.29, 0.717) is 11.4 Å². The number of sulfone groups is 1. The molecule has 1 heterocycles. The first-order chi connectivity index (χ1) is 11.3. The lowest BCUT2D eigenvalue weighted by Gasteiger charge is -2.23. The molecule has 0 aromatic heterocycles. The Labute approximate surface area is 147 Å². The summed E-state index contributed by atoms with van der Waals surface area (Å²) in [5, 5.41) is 0.626. The zero-order chi connectivity index (χ0) is 17.7. The van der Waals surface area contributed by atoms with E-state index in [4.69, 9.17) is 11.6 Å². The minimum atomic E-state index is -3.03. The lowest BCUT2D eigenvalue weighted by molar-refractivity contribution is -0.133. The molecule has 130 valence electrons. The predicted molar refractivity (Wildman–Crippen MR) is 94.6 cm³/mol. The summed E-state index contributed by atoms with van der Waals surface area (Å²) in [7, 11) is -1.43. The van der Waals surface area contributed by atoms with E-state index in [1.54, 1.807) is 37.4 Å². The van der Waals surface area contributed by atoms with Crippen molar-refractivity contribution in [2.24, 2.45) is 0 Å². The second kappa shape index (κ2) is 7.94. The molecule has 1 aliphatic heterocycles. The molecule has 0 radical (unpaired) electrons. The van der Waals surface area contributed by atoms with Crippen molar-refractivity contribution in [2.75, 3.05) is 18.6 Å². The molecule has 1 unspecified atom stereocenters. The van der Waals surface area contributed by atoms with Crippen LogP contribution in [0.15, 0.2) is 30.3 Å². The number of benzene rings is 1. The topological polar surface area (TPSA) is 71.5 Å². The van der Waals surface area contributed by atoms with Gasteiger partial charge in [0.2, 0.25) is 5.91 Å². The quantitative estimate of drug-likeness (QED) is 0.721. The van der Waals surface area contributed by atoms with Crippen molar-refractivity contribution < 1.29 is 18.0 Å². The molecule has 1 aliphatic rings. The maximum Gasteiger partial charge on any atom is 0.223 e. The van der Waals surface area contributed by atoms with Gasteiger partial charge in [0.1, 0.15) is 0 Å². The third-order valence-corrected chi connectivity index (χ3v) is 6.07. The van der Waals surface area contributed by atoms with Gasteiger partial charge in [-0.15, -0.1) is 0 Å². The van der Waals surface area contributed by atoms with Crippen LogP contribution in [0, 0.1) is 0 Å². The van der Waals surface area contributed by atoms with Crippen LogP contribution < -0.4 is 0 Å². The highest BCUT2D eigenvalue weighted by Crippen LogP contribution is 2.17. The summed E-state index contributed by atoms with van der Waals surface area (Å²) in [6.07, 6.45) is 3.77. The minimum absolute atomic E-state index is 0.0135. The van der Waals surface area contributed by atoms with Gasteiger partial charge in [-0.05, 0) is 30.2 Å². The van der Waals surface area contributed by atoms with Gasteiger partial charge >= 0.3 is 0 Å². The first-order valence-corrected chi connectivity index (χ1v) is 9.89. The van der Waals surface area contributed by atoms with Crippen LogP contribution in [0.4, 0.5) is 0 Å². The highest BCUT2D eigenvalue weighted by Gasteiger charge is 2.32. The van der Waals surface area contributed by atoms with Gasteiger partial charge in [0.15, 0.2) is 15.6 Å². The number of ketones is 1. The van der Waals surface area contributed by atoms with Crippen molar-refractivity contribution in [1.29, 1.82) is 0 Å². The SMILES string of the molecule is CN(C(=O)CCC(=O)/C=C/c1ccc(Cl)cc1)C1CCS(=O)(=O)C1. The molecule has 0 aliphatic carbocycles. The average molecular weight is 370 g/mol.